The first-order valence-electron chi connectivity index (χ1n) is 1.40. The van der Waals surface area contributed by atoms with Crippen molar-refractivity contribution in [2.45, 2.75) is 0 Å². The zero-order valence-electron chi connectivity index (χ0n) is 7.37. The molecule has 0 saturated heterocycles. The van der Waals surface area contributed by atoms with Crippen molar-refractivity contribution in [3.05, 3.63) is 0 Å². The van der Waals surface area contributed by atoms with Gasteiger partial charge < -0.3 is 34.9 Å². The monoisotopic (exact) mass is 244 g/mol. The van der Waals surface area contributed by atoms with E-state index >= 15 is 0 Å². The molecule has 0 rings (SSSR count). The van der Waals surface area contributed by atoms with Crippen LogP contribution in [0.5, 0.6) is 0 Å². The van der Waals surface area contributed by atoms with Crippen molar-refractivity contribution < 1.29 is 128 Å². The van der Waals surface area contributed by atoms with Crippen molar-refractivity contribution in [1.82, 2.24) is 0 Å². The number of hydrogen-bond acceptors (Lipinski definition) is 5. The Morgan fingerprint density at radius 1 is 1.08 bits per heavy atom. The third kappa shape index (κ3) is 399. The fraction of sp³-hybridized carbons (Fsp3) is 0. The Morgan fingerprint density at radius 3 is 1.08 bits per heavy atom. The van der Waals surface area contributed by atoms with Gasteiger partial charge in [-0.15, -0.1) is 0 Å². The minimum atomic E-state index is -5.14. The topological polar surface area (TPSA) is 171 Å². The average molecular weight is 244 g/mol. The maximum atomic E-state index is 8.66. The van der Waals surface area contributed by atoms with E-state index in [9.17, 15) is 0 Å². The summed E-state index contributed by atoms with van der Waals surface area (Å²) in [6, 6.07) is 0. The standard InChI is InChI=1S/CH2O3.3Na.H3O4P.H2O/c2-1(3)4;;;;1-5(2,3)4;/h(H2,2,3,4);;;;(H3,1,2,3,4);1H2/q;3*+1;;/p-3. The predicted octanol–water partition coefficient (Wildman–Crippen LogP) is -11.1. The van der Waals surface area contributed by atoms with E-state index in [1.165, 1.54) is 0 Å². The third-order valence-electron chi connectivity index (χ3n) is 0. The van der Waals surface area contributed by atoms with Gasteiger partial charge in [0.05, 0.1) is 7.82 Å². The molecule has 0 heterocycles. The molecule has 64 valence electrons. The molecular formula is CH4Na3O8P. The average Bonchev–Trinajstić information content (AvgIpc) is 1.19. The summed E-state index contributed by atoms with van der Waals surface area (Å²) < 4.78 is 8.66. The van der Waals surface area contributed by atoms with Crippen molar-refractivity contribution in [3.63, 3.8) is 0 Å². The van der Waals surface area contributed by atoms with E-state index in [-0.39, 0.29) is 94.1 Å². The van der Waals surface area contributed by atoms with Gasteiger partial charge in [0.25, 0.3) is 0 Å². The molecule has 12 heteroatoms. The summed E-state index contributed by atoms with van der Waals surface area (Å²) in [5.41, 5.74) is 0. The van der Waals surface area contributed by atoms with Crippen LogP contribution in [0, 0.1) is 0 Å². The second kappa shape index (κ2) is 19.8. The first-order chi connectivity index (χ1) is 3.73. The molecule has 0 atom stereocenters. The normalized spacial score (nSPS) is 6.38. The zero-order chi connectivity index (χ0) is 8.08. The van der Waals surface area contributed by atoms with Gasteiger partial charge in [0, 0.05) is 0 Å². The SMILES string of the molecule is O=C(O)O.O=P([O-])([O-])O.[Na+].[Na+].[Na+].[OH-]. The molecule has 0 spiro atoms. The largest absolute Gasteiger partial charge is 1.00 e. The minimum absolute atomic E-state index is 0. The van der Waals surface area contributed by atoms with E-state index in [1.807, 2.05) is 0 Å². The van der Waals surface area contributed by atoms with Gasteiger partial charge in [-0.05, 0) is 0 Å². The quantitative estimate of drug-likeness (QED) is 0.278. The van der Waals surface area contributed by atoms with Gasteiger partial charge in [-0.1, -0.05) is 0 Å². The van der Waals surface area contributed by atoms with Crippen LogP contribution in [0.15, 0.2) is 0 Å². The van der Waals surface area contributed by atoms with Crippen LogP contribution in [0.25, 0.3) is 0 Å². The van der Waals surface area contributed by atoms with Crippen LogP contribution in [0.2, 0.25) is 0 Å². The molecule has 0 aliphatic carbocycles. The van der Waals surface area contributed by atoms with E-state index in [0.29, 0.717) is 0 Å². The van der Waals surface area contributed by atoms with Gasteiger partial charge in [0.15, 0.2) is 0 Å². The number of phosphoric acid groups is 1. The number of hydrogen-bond donors (Lipinski definition) is 3. The Morgan fingerprint density at radius 2 is 1.08 bits per heavy atom. The molecule has 0 aliphatic rings. The molecule has 0 saturated carbocycles. The van der Waals surface area contributed by atoms with Crippen LogP contribution in [0.1, 0.15) is 0 Å². The number of carboxylic acid groups (broad SMARTS) is 2. The molecule has 0 radical (unpaired) electrons. The molecule has 0 aliphatic heterocycles. The van der Waals surface area contributed by atoms with Crippen LogP contribution < -0.4 is 98.5 Å². The summed E-state index contributed by atoms with van der Waals surface area (Å²) in [6.07, 6.45) is -1.83. The molecule has 4 N–H and O–H groups in total. The van der Waals surface area contributed by atoms with Gasteiger partial charge in [-0.2, -0.15) is 0 Å². The van der Waals surface area contributed by atoms with Crippen molar-refractivity contribution in [3.8, 4) is 0 Å². The summed E-state index contributed by atoms with van der Waals surface area (Å²) in [4.78, 5) is 32.8. The van der Waals surface area contributed by atoms with E-state index in [4.69, 9.17) is 34.3 Å². The van der Waals surface area contributed by atoms with Gasteiger partial charge in [0.2, 0.25) is 0 Å². The Bertz CT molecular complexity index is 119. The van der Waals surface area contributed by atoms with Crippen LogP contribution in [-0.2, 0) is 4.57 Å². The van der Waals surface area contributed by atoms with E-state index < -0.39 is 14.0 Å². The predicted molar refractivity (Wildman–Crippen MR) is 22.4 cm³/mol. The van der Waals surface area contributed by atoms with Gasteiger partial charge in [-0.3, -0.25) is 0 Å². The maximum Gasteiger partial charge on any atom is 1.00 e. The van der Waals surface area contributed by atoms with Crippen LogP contribution in [-0.4, -0.2) is 26.7 Å². The molecule has 0 aromatic rings. The van der Waals surface area contributed by atoms with E-state index in [1.54, 1.807) is 0 Å². The van der Waals surface area contributed by atoms with Gasteiger partial charge in [-0.25, -0.2) is 4.79 Å². The van der Waals surface area contributed by atoms with Crippen molar-refractivity contribution >= 4 is 14.0 Å². The van der Waals surface area contributed by atoms with Crippen molar-refractivity contribution in [1.29, 1.82) is 0 Å². The van der Waals surface area contributed by atoms with Crippen molar-refractivity contribution in [2.24, 2.45) is 0 Å². The molecule has 8 nitrogen and oxygen atoms in total. The Labute approximate surface area is 140 Å². The summed E-state index contributed by atoms with van der Waals surface area (Å²) in [5.74, 6) is 0. The van der Waals surface area contributed by atoms with Crippen LogP contribution >= 0.6 is 7.82 Å². The van der Waals surface area contributed by atoms with E-state index in [2.05, 4.69) is 0 Å². The molecule has 0 aromatic heterocycles. The molecule has 0 aromatic carbocycles. The fourth-order valence-corrected chi connectivity index (χ4v) is 0. The summed E-state index contributed by atoms with van der Waals surface area (Å²) >= 11 is 0. The van der Waals surface area contributed by atoms with Gasteiger partial charge in [0.1, 0.15) is 0 Å². The fourth-order valence-electron chi connectivity index (χ4n) is 0. The first kappa shape index (κ1) is 36.2. The Balaban J connectivity index is -0.0000000146. The van der Waals surface area contributed by atoms with E-state index in [0.717, 1.165) is 0 Å². The van der Waals surface area contributed by atoms with Crippen molar-refractivity contribution in [2.75, 3.05) is 0 Å². The smallest absolute Gasteiger partial charge is 0.870 e. The minimum Gasteiger partial charge on any atom is -0.870 e. The molecule has 0 amide bonds. The third-order valence-corrected chi connectivity index (χ3v) is 0. The number of rotatable bonds is 0. The molecule has 0 bridgehead atoms. The van der Waals surface area contributed by atoms with Gasteiger partial charge >= 0.3 is 94.8 Å². The summed E-state index contributed by atoms with van der Waals surface area (Å²) in [6.45, 7) is 0. The Kier molecular flexibility index (Phi) is 55.2. The summed E-state index contributed by atoms with van der Waals surface area (Å²) in [7, 11) is -5.14. The molecule has 13 heavy (non-hydrogen) atoms. The maximum absolute atomic E-state index is 8.66. The molecular weight excluding hydrogens is 240 g/mol. The number of carbonyl (C=O) groups is 1. The first-order valence-corrected chi connectivity index (χ1v) is 2.89. The molecule has 0 fully saturated rings. The molecule has 0 unspecified atom stereocenters. The van der Waals surface area contributed by atoms with Crippen LogP contribution in [0.3, 0.4) is 0 Å². The summed E-state index contributed by atoms with van der Waals surface area (Å²) in [5, 5.41) is 13.9. The second-order valence-electron chi connectivity index (χ2n) is 0.751. The second-order valence-corrected chi connectivity index (χ2v) is 1.69. The van der Waals surface area contributed by atoms with Crippen LogP contribution in [0.4, 0.5) is 4.79 Å². The Hall–Kier alpha value is 2.34. The zero-order valence-corrected chi connectivity index (χ0v) is 14.3.